The maximum atomic E-state index is 9.68. The van der Waals surface area contributed by atoms with E-state index in [2.05, 4.69) is 54.6 Å². The molecule has 0 radical (unpaired) electrons. The molecule has 1 rings (SSSR count). The zero-order valence-corrected chi connectivity index (χ0v) is 11.8. The van der Waals surface area contributed by atoms with Crippen LogP contribution in [0.4, 0.5) is 0 Å². The zero-order valence-electron chi connectivity index (χ0n) is 7.79. The number of rotatable bonds is 2. The molecule has 0 spiro atoms. The van der Waals surface area contributed by atoms with Crippen LogP contribution in [0, 0.1) is 0 Å². The van der Waals surface area contributed by atoms with Crippen LogP contribution < -0.4 is 16.3 Å². The van der Waals surface area contributed by atoms with Gasteiger partial charge in [-0.25, -0.2) is 0 Å². The largest absolute Gasteiger partial charge is 0.506 e. The van der Waals surface area contributed by atoms with E-state index < -0.39 is 0 Å². The topological polar surface area (TPSA) is 92.5 Å². The van der Waals surface area contributed by atoms with Gasteiger partial charge in [0.15, 0.2) is 0 Å². The molecule has 0 atom stereocenters. The molecule has 16 heavy (non-hydrogen) atoms. The average molecular weight is 370 g/mol. The first-order valence-corrected chi connectivity index (χ1v) is 5.97. The fraction of sp³-hybridized carbons (Fsp3) is 0. The van der Waals surface area contributed by atoms with Gasteiger partial charge in [0.2, 0.25) is 11.3 Å². The standard InChI is InChI=1S/C8H7Br2N3O2S/c9-4-1-3(2-12-13-8(11)16)6(14)5(10)7(4)15/h1-2,14-15H,(H3,11,13,16)/p+1/b12-2+. The molecule has 6 N–H and O–H groups in total. The molecule has 0 unspecified atom stereocenters. The first-order valence-electron chi connectivity index (χ1n) is 3.97. The number of hydrazine groups is 1. The number of thiocarbonyl (C=S) groups is 1. The van der Waals surface area contributed by atoms with E-state index in [-0.39, 0.29) is 21.1 Å². The highest BCUT2D eigenvalue weighted by atomic mass is 79.9. The van der Waals surface area contributed by atoms with Crippen molar-refractivity contribution in [2.75, 3.05) is 0 Å². The molecule has 1 aromatic rings. The molecule has 0 aliphatic heterocycles. The Bertz CT molecular complexity index is 465. The Labute approximate surface area is 114 Å². The van der Waals surface area contributed by atoms with Crippen LogP contribution in [-0.2, 0) is 0 Å². The summed E-state index contributed by atoms with van der Waals surface area (Å²) >= 11 is 10.8. The second-order valence-electron chi connectivity index (χ2n) is 2.74. The number of phenolic OH excluding ortho intramolecular Hbond substituents is 2. The summed E-state index contributed by atoms with van der Waals surface area (Å²) in [5, 5.41) is 21.8. The minimum atomic E-state index is -0.0991. The zero-order chi connectivity index (χ0) is 12.3. The number of hydrazone groups is 1. The lowest BCUT2D eigenvalue weighted by Gasteiger charge is -2.04. The first kappa shape index (κ1) is 13.2. The average Bonchev–Trinajstić information content (AvgIpc) is 2.22. The predicted molar refractivity (Wildman–Crippen MR) is 71.2 cm³/mol. The predicted octanol–water partition coefficient (Wildman–Crippen LogP) is -0.129. The van der Waals surface area contributed by atoms with Crippen LogP contribution in [0.1, 0.15) is 5.56 Å². The van der Waals surface area contributed by atoms with E-state index in [1.54, 1.807) is 0 Å². The van der Waals surface area contributed by atoms with Crippen molar-refractivity contribution in [3.63, 3.8) is 0 Å². The molecular formula is C8H8Br2N3O2S+. The van der Waals surface area contributed by atoms with Gasteiger partial charge in [-0.15, -0.1) is 10.5 Å². The van der Waals surface area contributed by atoms with Gasteiger partial charge in [-0.3, -0.25) is 0 Å². The molecule has 0 heterocycles. The van der Waals surface area contributed by atoms with Crippen molar-refractivity contribution in [3.8, 4) is 11.5 Å². The Hall–Kier alpha value is -0.860. The van der Waals surface area contributed by atoms with E-state index in [4.69, 9.17) is 5.73 Å². The van der Waals surface area contributed by atoms with Crippen molar-refractivity contribution in [1.29, 1.82) is 0 Å². The third-order valence-electron chi connectivity index (χ3n) is 1.62. The molecule has 0 fully saturated rings. The molecule has 0 aromatic heterocycles. The Balaban J connectivity index is 3.06. The summed E-state index contributed by atoms with van der Waals surface area (Å²) in [5.74, 6) is -0.171. The Morgan fingerprint density at radius 2 is 2.06 bits per heavy atom. The van der Waals surface area contributed by atoms with E-state index in [0.717, 1.165) is 0 Å². The number of benzene rings is 1. The van der Waals surface area contributed by atoms with Crippen molar-refractivity contribution in [2.24, 2.45) is 5.73 Å². The van der Waals surface area contributed by atoms with Gasteiger partial charge < -0.3 is 15.9 Å². The Kier molecular flexibility index (Phi) is 4.51. The van der Waals surface area contributed by atoms with Crippen LogP contribution >= 0.6 is 44.1 Å². The molecule has 86 valence electrons. The number of aromatic hydroxyl groups is 2. The van der Waals surface area contributed by atoms with Crippen molar-refractivity contribution in [3.05, 3.63) is 20.6 Å². The summed E-state index contributed by atoms with van der Waals surface area (Å²) in [6, 6.07) is 1.53. The van der Waals surface area contributed by atoms with Crippen molar-refractivity contribution < 1.29 is 15.3 Å². The van der Waals surface area contributed by atoms with E-state index in [1.807, 2.05) is 0 Å². The molecular weight excluding hydrogens is 362 g/mol. The molecule has 0 bridgehead atoms. The van der Waals surface area contributed by atoms with Crippen LogP contribution in [0.3, 0.4) is 0 Å². The van der Waals surface area contributed by atoms with Crippen molar-refractivity contribution in [1.82, 2.24) is 5.43 Å². The monoisotopic (exact) mass is 368 g/mol. The second-order valence-corrected chi connectivity index (χ2v) is 4.82. The van der Waals surface area contributed by atoms with Crippen LogP contribution in [0.25, 0.3) is 0 Å². The third-order valence-corrected chi connectivity index (χ3v) is 3.08. The third kappa shape index (κ3) is 3.06. The van der Waals surface area contributed by atoms with Crippen LogP contribution in [0.5, 0.6) is 11.5 Å². The molecule has 5 nitrogen and oxygen atoms in total. The Morgan fingerprint density at radius 1 is 1.44 bits per heavy atom. The molecule has 0 aliphatic rings. The maximum Gasteiger partial charge on any atom is 0.221 e. The summed E-state index contributed by atoms with van der Waals surface area (Å²) in [5.41, 5.74) is 8.11. The number of halogens is 2. The second kappa shape index (κ2) is 5.46. The first-order chi connectivity index (χ1) is 7.43. The van der Waals surface area contributed by atoms with Crippen molar-refractivity contribution in [2.45, 2.75) is 0 Å². The van der Waals surface area contributed by atoms with Gasteiger partial charge >= 0.3 is 0 Å². The van der Waals surface area contributed by atoms with Gasteiger partial charge in [-0.2, -0.15) is 0 Å². The quantitative estimate of drug-likeness (QED) is 0.284. The van der Waals surface area contributed by atoms with Gasteiger partial charge in [0.1, 0.15) is 16.0 Å². The highest BCUT2D eigenvalue weighted by Crippen LogP contribution is 2.40. The van der Waals surface area contributed by atoms with Crippen molar-refractivity contribution >= 4 is 55.4 Å². The Morgan fingerprint density at radius 3 is 2.62 bits per heavy atom. The van der Waals surface area contributed by atoms with Gasteiger partial charge in [-0.05, 0) is 50.1 Å². The normalized spacial score (nSPS) is 10.6. The molecule has 0 saturated heterocycles. The lowest BCUT2D eigenvalue weighted by Crippen LogP contribution is -2.82. The maximum absolute atomic E-state index is 9.68. The summed E-state index contributed by atoms with van der Waals surface area (Å²) in [7, 11) is 0. The minimum Gasteiger partial charge on any atom is -0.506 e. The smallest absolute Gasteiger partial charge is 0.221 e. The number of hydrogen-bond donors (Lipinski definition) is 5. The highest BCUT2D eigenvalue weighted by molar-refractivity contribution is 9.11. The SMILES string of the molecule is NC(=S)N/[NH+]=C/c1cc(Br)c(O)c(Br)c1O. The van der Waals surface area contributed by atoms with Gasteiger partial charge in [0.25, 0.3) is 0 Å². The van der Waals surface area contributed by atoms with Crippen LogP contribution in [-0.4, -0.2) is 21.5 Å². The number of nitrogens with two attached hydrogens (primary N) is 1. The fourth-order valence-corrected chi connectivity index (χ4v) is 2.12. The van der Waals surface area contributed by atoms with Crippen LogP contribution in [0.2, 0.25) is 0 Å². The minimum absolute atomic E-state index is 0.0723. The molecule has 1 aromatic carbocycles. The summed E-state index contributed by atoms with van der Waals surface area (Å²) < 4.78 is 0.644. The summed E-state index contributed by atoms with van der Waals surface area (Å²) in [4.78, 5) is 0. The fourth-order valence-electron chi connectivity index (χ4n) is 0.912. The summed E-state index contributed by atoms with van der Waals surface area (Å²) in [6.45, 7) is 0. The van der Waals surface area contributed by atoms with E-state index in [1.165, 1.54) is 12.3 Å². The molecule has 0 amide bonds. The van der Waals surface area contributed by atoms with E-state index in [9.17, 15) is 10.2 Å². The lowest BCUT2D eigenvalue weighted by molar-refractivity contribution is -0.499. The summed E-state index contributed by atoms with van der Waals surface area (Å²) in [6.07, 6.45) is 1.45. The van der Waals surface area contributed by atoms with E-state index >= 15 is 0 Å². The van der Waals surface area contributed by atoms with Crippen LogP contribution in [0.15, 0.2) is 15.0 Å². The lowest BCUT2D eigenvalue weighted by atomic mass is 10.2. The van der Waals surface area contributed by atoms with Gasteiger partial charge in [-0.1, -0.05) is 0 Å². The molecule has 0 aliphatic carbocycles. The number of phenols is 2. The molecule has 8 heteroatoms. The van der Waals surface area contributed by atoms with Gasteiger partial charge in [0.05, 0.1) is 10.0 Å². The number of hydrogen-bond acceptors (Lipinski definition) is 3. The van der Waals surface area contributed by atoms with Gasteiger partial charge in [0, 0.05) is 0 Å². The highest BCUT2D eigenvalue weighted by Gasteiger charge is 2.14. The molecule has 0 saturated carbocycles. The van der Waals surface area contributed by atoms with E-state index in [0.29, 0.717) is 10.0 Å². The number of nitrogens with one attached hydrogen (secondary N) is 2.